The lowest BCUT2D eigenvalue weighted by atomic mass is 9.44. The number of carbonyl (C=O) groups excluding carboxylic acids is 3. The maximum Gasteiger partial charge on any atom is 0.338 e. The topological polar surface area (TPSA) is 169 Å². The summed E-state index contributed by atoms with van der Waals surface area (Å²) in [6.45, 7) is 17.1. The number of aliphatic hydroxyl groups is 4. The molecule has 1 aromatic carbocycles. The van der Waals surface area contributed by atoms with Gasteiger partial charge in [-0.2, -0.15) is 0 Å². The molecule has 2 saturated carbocycles. The molecule has 50 heavy (non-hydrogen) atoms. The van der Waals surface area contributed by atoms with Gasteiger partial charge in [-0.3, -0.25) is 9.59 Å². The van der Waals surface area contributed by atoms with Crippen molar-refractivity contribution in [2.24, 2.45) is 16.7 Å². The smallest absolute Gasteiger partial charge is 0.338 e. The monoisotopic (exact) mass is 718 g/mol. The van der Waals surface area contributed by atoms with Gasteiger partial charge in [0, 0.05) is 37.5 Å². The van der Waals surface area contributed by atoms with Gasteiger partial charge in [0.15, 0.2) is 14.4 Å². The lowest BCUT2D eigenvalue weighted by Crippen LogP contribution is -2.79. The Morgan fingerprint density at radius 1 is 0.900 bits per heavy atom. The van der Waals surface area contributed by atoms with Gasteiger partial charge >= 0.3 is 17.9 Å². The van der Waals surface area contributed by atoms with Crippen LogP contribution in [-0.4, -0.2) is 94.5 Å². The Labute approximate surface area is 297 Å². The Morgan fingerprint density at radius 3 is 1.98 bits per heavy atom. The van der Waals surface area contributed by atoms with Crippen LogP contribution in [0.4, 0.5) is 0 Å². The van der Waals surface area contributed by atoms with Crippen LogP contribution < -0.4 is 0 Å². The average molecular weight is 719 g/mol. The molecule has 2 fully saturated rings. The first-order valence-electron chi connectivity index (χ1n) is 18.0. The highest BCUT2D eigenvalue weighted by atomic mass is 28.4. The molecule has 3 aliphatic rings. The molecular formula is C38H58O11Si. The predicted octanol–water partition coefficient (Wildman–Crippen LogP) is 4.85. The summed E-state index contributed by atoms with van der Waals surface area (Å²) in [5, 5.41) is 50.2. The van der Waals surface area contributed by atoms with E-state index < -0.39 is 90.8 Å². The summed E-state index contributed by atoms with van der Waals surface area (Å²) < 4.78 is 25.8. The van der Waals surface area contributed by atoms with Crippen molar-refractivity contribution in [3.05, 3.63) is 47.0 Å². The summed E-state index contributed by atoms with van der Waals surface area (Å²) in [6, 6.07) is 10.4. The zero-order valence-electron chi connectivity index (χ0n) is 31.3. The van der Waals surface area contributed by atoms with E-state index in [9.17, 15) is 34.8 Å². The highest BCUT2D eigenvalue weighted by Gasteiger charge is 2.75. The summed E-state index contributed by atoms with van der Waals surface area (Å²) >= 11 is 0. The second-order valence-corrected chi connectivity index (χ2v) is 20.1. The Bertz CT molecular complexity index is 1450. The van der Waals surface area contributed by atoms with Gasteiger partial charge in [-0.25, -0.2) is 4.79 Å². The SMILES string of the molecule is CC[C@@]1(OC(C)=O)C2[C@H](OC(=O)c3ccccc3)[C@]3(O)C[C@H](O)C(C)=C([C@@H](OC(C)=O)[C@@H](O)[C@]2(C)[C@@H](O[Si](CC)(CC)CC)C[C@H]1O)C3(C)C. The van der Waals surface area contributed by atoms with Crippen molar-refractivity contribution >= 4 is 26.2 Å². The molecule has 1 aromatic rings. The summed E-state index contributed by atoms with van der Waals surface area (Å²) in [4.78, 5) is 40.1. The molecule has 11 nitrogen and oxygen atoms in total. The molecule has 3 aliphatic carbocycles. The second kappa shape index (κ2) is 14.4. The average Bonchev–Trinajstić information content (AvgIpc) is 3.06. The zero-order chi connectivity index (χ0) is 37.6. The number of ether oxygens (including phenoxy) is 3. The molecule has 0 aromatic heterocycles. The first kappa shape index (κ1) is 40.2. The Kier molecular flexibility index (Phi) is 11.6. The van der Waals surface area contributed by atoms with E-state index in [2.05, 4.69) is 20.8 Å². The number of hydrogen-bond acceptors (Lipinski definition) is 11. The third-order valence-corrected chi connectivity index (χ3v) is 17.5. The lowest BCUT2D eigenvalue weighted by Gasteiger charge is -2.67. The molecule has 0 heterocycles. The van der Waals surface area contributed by atoms with Gasteiger partial charge in [-0.1, -0.05) is 66.7 Å². The highest BCUT2D eigenvalue weighted by molar-refractivity contribution is 6.73. The first-order chi connectivity index (χ1) is 23.3. The molecule has 4 rings (SSSR count). The van der Waals surface area contributed by atoms with Crippen LogP contribution in [0, 0.1) is 16.7 Å². The zero-order valence-corrected chi connectivity index (χ0v) is 32.3. The minimum atomic E-state index is -2.53. The van der Waals surface area contributed by atoms with E-state index in [1.54, 1.807) is 65.0 Å². The highest BCUT2D eigenvalue weighted by Crippen LogP contribution is 2.64. The first-order valence-corrected chi connectivity index (χ1v) is 20.6. The molecule has 1 unspecified atom stereocenters. The van der Waals surface area contributed by atoms with Crippen molar-refractivity contribution < 1.29 is 53.4 Å². The van der Waals surface area contributed by atoms with Crippen LogP contribution in [0.3, 0.4) is 0 Å². The van der Waals surface area contributed by atoms with E-state index in [0.717, 1.165) is 18.1 Å². The molecule has 0 radical (unpaired) electrons. The Hall–Kier alpha value is -2.61. The Morgan fingerprint density at radius 2 is 1.48 bits per heavy atom. The third-order valence-electron chi connectivity index (χ3n) is 12.8. The minimum Gasteiger partial charge on any atom is -0.456 e. The van der Waals surface area contributed by atoms with Crippen LogP contribution in [0.5, 0.6) is 0 Å². The van der Waals surface area contributed by atoms with Gasteiger partial charge in [0.1, 0.15) is 23.4 Å². The predicted molar refractivity (Wildman–Crippen MR) is 188 cm³/mol. The number of aliphatic hydroxyl groups excluding tert-OH is 3. The van der Waals surface area contributed by atoms with E-state index in [-0.39, 0.29) is 24.8 Å². The van der Waals surface area contributed by atoms with Gasteiger partial charge in [0.25, 0.3) is 0 Å². The molecular weight excluding hydrogens is 660 g/mol. The number of fused-ring (bicyclic) bond motifs is 3. The van der Waals surface area contributed by atoms with Gasteiger partial charge in [-0.15, -0.1) is 0 Å². The molecule has 2 bridgehead atoms. The number of carbonyl (C=O) groups is 3. The molecule has 12 heteroatoms. The van der Waals surface area contributed by atoms with Gasteiger partial charge < -0.3 is 39.1 Å². The molecule has 10 atom stereocenters. The van der Waals surface area contributed by atoms with E-state index in [1.165, 1.54) is 13.8 Å². The van der Waals surface area contributed by atoms with Crippen molar-refractivity contribution in [2.75, 3.05) is 0 Å². The van der Waals surface area contributed by atoms with Crippen LogP contribution in [0.1, 0.15) is 98.9 Å². The normalized spacial score (nSPS) is 36.8. The van der Waals surface area contributed by atoms with Crippen LogP contribution in [0.15, 0.2) is 41.5 Å². The molecule has 0 spiro atoms. The molecule has 0 amide bonds. The third kappa shape index (κ3) is 6.27. The largest absolute Gasteiger partial charge is 0.456 e. The standard InChI is InChI=1S/C38H58O11Si/c1-11-37(48-24(7)40)27(42)20-28(49-50(12-2,13-3)14-4)36(10)31(37)33(47-34(44)25-18-16-15-17-19-25)38(45)21-26(41)22(5)29(35(38,8)9)30(32(36)43)46-23(6)39/h15-19,26-28,30-33,41-43,45H,11-14,20-21H2,1-10H3/t26-,27+,28-,30+,31?,32+,33-,36+,37-,38+/m0/s1. The lowest BCUT2D eigenvalue weighted by molar-refractivity contribution is -0.309. The fourth-order valence-electron chi connectivity index (χ4n) is 9.60. The van der Waals surface area contributed by atoms with E-state index in [4.69, 9.17) is 18.6 Å². The molecule has 280 valence electrons. The number of rotatable bonds is 10. The van der Waals surface area contributed by atoms with Gasteiger partial charge in [0.2, 0.25) is 0 Å². The van der Waals surface area contributed by atoms with E-state index in [0.29, 0.717) is 11.1 Å². The molecule has 0 aliphatic heterocycles. The fourth-order valence-corrected chi connectivity index (χ4v) is 12.5. The van der Waals surface area contributed by atoms with Crippen LogP contribution in [0.2, 0.25) is 18.1 Å². The van der Waals surface area contributed by atoms with Crippen molar-refractivity contribution in [1.29, 1.82) is 0 Å². The van der Waals surface area contributed by atoms with Crippen LogP contribution >= 0.6 is 0 Å². The van der Waals surface area contributed by atoms with Crippen molar-refractivity contribution in [3.8, 4) is 0 Å². The van der Waals surface area contributed by atoms with Crippen LogP contribution in [0.25, 0.3) is 0 Å². The van der Waals surface area contributed by atoms with E-state index >= 15 is 0 Å². The van der Waals surface area contributed by atoms with Crippen molar-refractivity contribution in [2.45, 2.75) is 154 Å². The maximum absolute atomic E-state index is 14.2. The second-order valence-electron chi connectivity index (χ2n) is 15.4. The molecule has 0 saturated heterocycles. The van der Waals surface area contributed by atoms with Gasteiger partial charge in [-0.05, 0) is 54.8 Å². The number of esters is 3. The molecule has 4 N–H and O–H groups in total. The fraction of sp³-hybridized carbons (Fsp3) is 0.711. The quantitative estimate of drug-likeness (QED) is 0.113. The summed E-state index contributed by atoms with van der Waals surface area (Å²) in [6.07, 6.45) is -8.56. The maximum atomic E-state index is 14.2. The van der Waals surface area contributed by atoms with E-state index in [1.807, 2.05) is 0 Å². The summed E-state index contributed by atoms with van der Waals surface area (Å²) in [5.41, 5.74) is -6.06. The van der Waals surface area contributed by atoms with Crippen LogP contribution in [-0.2, 0) is 28.2 Å². The summed E-state index contributed by atoms with van der Waals surface area (Å²) in [5.74, 6) is -3.55. The number of hydrogen-bond donors (Lipinski definition) is 4. The van der Waals surface area contributed by atoms with Crippen molar-refractivity contribution in [1.82, 2.24) is 0 Å². The van der Waals surface area contributed by atoms with Gasteiger partial charge in [0.05, 0.1) is 29.8 Å². The minimum absolute atomic E-state index is 0.00372. The van der Waals surface area contributed by atoms with Crippen molar-refractivity contribution in [3.63, 3.8) is 0 Å². The number of benzene rings is 1. The Balaban J connectivity index is 2.20. The summed E-state index contributed by atoms with van der Waals surface area (Å²) in [7, 11) is -2.53.